The summed E-state index contributed by atoms with van der Waals surface area (Å²) in [6.45, 7) is 5.80. The van der Waals surface area contributed by atoms with Crippen molar-refractivity contribution in [3.8, 4) is 0 Å². The molecular weight excluding hydrogens is 541 g/mol. The van der Waals surface area contributed by atoms with E-state index >= 15 is 0 Å². The van der Waals surface area contributed by atoms with Crippen molar-refractivity contribution in [1.29, 1.82) is 0 Å². The van der Waals surface area contributed by atoms with Gasteiger partial charge in [-0.3, -0.25) is 4.79 Å². The van der Waals surface area contributed by atoms with Gasteiger partial charge in [0.25, 0.3) is 5.91 Å². The number of carbonyl (C=O) groups excluding carboxylic acids is 1. The SMILES string of the molecule is CS(=O)(=O)N1CC(C2CCN(CC[C@@]3(c4ccc(Cl)c(Cl)c4)CCCN(C(=O)c4ccccc4)C3)CC2)C1. The number of halogens is 2. The normalized spacial score (nSPS) is 24.3. The van der Waals surface area contributed by atoms with Gasteiger partial charge in [-0.1, -0.05) is 47.5 Å². The number of benzene rings is 2. The summed E-state index contributed by atoms with van der Waals surface area (Å²) in [6, 6.07) is 15.5. The number of rotatable bonds is 7. The quantitative estimate of drug-likeness (QED) is 0.456. The van der Waals surface area contributed by atoms with Crippen LogP contribution in [0.15, 0.2) is 48.5 Å². The molecule has 0 bridgehead atoms. The Morgan fingerprint density at radius 1 is 0.974 bits per heavy atom. The fraction of sp³-hybridized carbons (Fsp3) is 0.552. The van der Waals surface area contributed by atoms with Gasteiger partial charge in [-0.15, -0.1) is 0 Å². The summed E-state index contributed by atoms with van der Waals surface area (Å²) < 4.78 is 25.1. The van der Waals surface area contributed by atoms with E-state index in [-0.39, 0.29) is 11.3 Å². The summed E-state index contributed by atoms with van der Waals surface area (Å²) in [4.78, 5) is 17.9. The van der Waals surface area contributed by atoms with Crippen LogP contribution in [0.3, 0.4) is 0 Å². The van der Waals surface area contributed by atoms with Crippen molar-refractivity contribution in [2.45, 2.75) is 37.5 Å². The third-order valence-corrected chi connectivity index (χ3v) is 10.9. The molecule has 6 nitrogen and oxygen atoms in total. The van der Waals surface area contributed by atoms with Gasteiger partial charge in [0.15, 0.2) is 0 Å². The lowest BCUT2D eigenvalue weighted by Gasteiger charge is -2.46. The summed E-state index contributed by atoms with van der Waals surface area (Å²) in [5.74, 6) is 1.17. The van der Waals surface area contributed by atoms with E-state index < -0.39 is 10.0 Å². The van der Waals surface area contributed by atoms with E-state index in [2.05, 4.69) is 11.0 Å². The van der Waals surface area contributed by atoms with E-state index in [1.54, 1.807) is 4.31 Å². The van der Waals surface area contributed by atoms with Gasteiger partial charge >= 0.3 is 0 Å². The van der Waals surface area contributed by atoms with Gasteiger partial charge in [0.2, 0.25) is 10.0 Å². The first-order chi connectivity index (χ1) is 18.1. The Morgan fingerprint density at radius 2 is 1.68 bits per heavy atom. The minimum atomic E-state index is -3.06. The van der Waals surface area contributed by atoms with Gasteiger partial charge in [-0.05, 0) is 93.4 Å². The molecule has 206 valence electrons. The Bertz CT molecular complexity index is 1240. The Labute approximate surface area is 236 Å². The number of hydrogen-bond donors (Lipinski definition) is 0. The van der Waals surface area contributed by atoms with Crippen LogP contribution in [0.25, 0.3) is 0 Å². The highest BCUT2D eigenvalue weighted by atomic mass is 35.5. The van der Waals surface area contributed by atoms with Crippen LogP contribution in [-0.2, 0) is 15.4 Å². The second-order valence-corrected chi connectivity index (χ2v) is 14.2. The first-order valence-corrected chi connectivity index (χ1v) is 16.2. The Morgan fingerprint density at radius 3 is 2.34 bits per heavy atom. The molecule has 0 N–H and O–H groups in total. The molecule has 0 radical (unpaired) electrons. The zero-order valence-corrected chi connectivity index (χ0v) is 24.3. The molecule has 38 heavy (non-hydrogen) atoms. The van der Waals surface area contributed by atoms with E-state index in [9.17, 15) is 13.2 Å². The number of amides is 1. The van der Waals surface area contributed by atoms with Gasteiger partial charge in [-0.2, -0.15) is 0 Å². The zero-order chi connectivity index (χ0) is 26.9. The first kappa shape index (κ1) is 27.9. The van der Waals surface area contributed by atoms with Crippen LogP contribution in [0.1, 0.15) is 48.0 Å². The Hall–Kier alpha value is -1.64. The number of sulfonamides is 1. The molecule has 2 aromatic carbocycles. The van der Waals surface area contributed by atoms with Crippen LogP contribution in [-0.4, -0.2) is 80.5 Å². The highest BCUT2D eigenvalue weighted by Gasteiger charge is 2.41. The predicted molar refractivity (Wildman–Crippen MR) is 153 cm³/mol. The van der Waals surface area contributed by atoms with Crippen molar-refractivity contribution in [1.82, 2.24) is 14.1 Å². The van der Waals surface area contributed by atoms with Crippen LogP contribution in [0.5, 0.6) is 0 Å². The lowest BCUT2D eigenvalue weighted by molar-refractivity contribution is 0.0563. The molecule has 3 fully saturated rings. The van der Waals surface area contributed by atoms with E-state index in [1.165, 1.54) is 6.26 Å². The molecule has 0 unspecified atom stereocenters. The molecule has 9 heteroatoms. The second-order valence-electron chi connectivity index (χ2n) is 11.4. The summed E-state index contributed by atoms with van der Waals surface area (Å²) in [5, 5.41) is 1.10. The number of likely N-dealkylation sites (tertiary alicyclic amines) is 2. The van der Waals surface area contributed by atoms with Crippen molar-refractivity contribution in [2.24, 2.45) is 11.8 Å². The van der Waals surface area contributed by atoms with E-state index in [1.807, 2.05) is 47.4 Å². The van der Waals surface area contributed by atoms with Gasteiger partial charge in [-0.25, -0.2) is 12.7 Å². The average Bonchev–Trinajstić information content (AvgIpc) is 2.88. The molecule has 0 saturated carbocycles. The maximum atomic E-state index is 13.4. The third kappa shape index (κ3) is 6.07. The van der Waals surface area contributed by atoms with E-state index in [0.29, 0.717) is 41.5 Å². The summed E-state index contributed by atoms with van der Waals surface area (Å²) >= 11 is 12.7. The largest absolute Gasteiger partial charge is 0.338 e. The second kappa shape index (κ2) is 11.5. The molecular formula is C29H37Cl2N3O3S. The Kier molecular flexibility index (Phi) is 8.42. The predicted octanol–water partition coefficient (Wildman–Crippen LogP) is 5.16. The topological polar surface area (TPSA) is 60.9 Å². The third-order valence-electron chi connectivity index (χ3n) is 8.97. The number of carbonyl (C=O) groups is 1. The minimum absolute atomic E-state index is 0.0826. The lowest BCUT2D eigenvalue weighted by Crippen LogP contribution is -2.54. The first-order valence-electron chi connectivity index (χ1n) is 13.6. The smallest absolute Gasteiger partial charge is 0.253 e. The molecule has 3 saturated heterocycles. The van der Waals surface area contributed by atoms with Crippen molar-refractivity contribution < 1.29 is 13.2 Å². The molecule has 3 aliphatic heterocycles. The van der Waals surface area contributed by atoms with Crippen molar-refractivity contribution >= 4 is 39.1 Å². The molecule has 2 aromatic rings. The van der Waals surface area contributed by atoms with Gasteiger partial charge in [0.05, 0.1) is 16.3 Å². The summed E-state index contributed by atoms with van der Waals surface area (Å²) in [5.41, 5.74) is 1.70. The molecule has 0 spiro atoms. The molecule has 1 amide bonds. The summed E-state index contributed by atoms with van der Waals surface area (Å²) in [6.07, 6.45) is 6.42. The zero-order valence-electron chi connectivity index (χ0n) is 22.0. The van der Waals surface area contributed by atoms with E-state index in [0.717, 1.165) is 69.4 Å². The van der Waals surface area contributed by atoms with Gasteiger partial charge in [0.1, 0.15) is 0 Å². The summed E-state index contributed by atoms with van der Waals surface area (Å²) in [7, 11) is -3.06. The molecule has 3 heterocycles. The van der Waals surface area contributed by atoms with Crippen molar-refractivity contribution in [3.63, 3.8) is 0 Å². The number of nitrogens with zero attached hydrogens (tertiary/aromatic N) is 3. The molecule has 5 rings (SSSR count). The maximum Gasteiger partial charge on any atom is 0.253 e. The average molecular weight is 579 g/mol. The van der Waals surface area contributed by atoms with Crippen LogP contribution < -0.4 is 0 Å². The molecule has 1 atom stereocenters. The number of hydrogen-bond acceptors (Lipinski definition) is 4. The highest BCUT2D eigenvalue weighted by Crippen LogP contribution is 2.41. The monoisotopic (exact) mass is 577 g/mol. The van der Waals surface area contributed by atoms with Crippen molar-refractivity contribution in [3.05, 3.63) is 69.7 Å². The number of piperidine rings is 2. The van der Waals surface area contributed by atoms with E-state index in [4.69, 9.17) is 23.2 Å². The molecule has 3 aliphatic rings. The highest BCUT2D eigenvalue weighted by molar-refractivity contribution is 7.88. The van der Waals surface area contributed by atoms with Gasteiger partial charge in [0, 0.05) is 37.2 Å². The minimum Gasteiger partial charge on any atom is -0.338 e. The van der Waals surface area contributed by atoms with Gasteiger partial charge < -0.3 is 9.80 Å². The van der Waals surface area contributed by atoms with Crippen LogP contribution in [0.2, 0.25) is 10.0 Å². The molecule has 0 aromatic heterocycles. The van der Waals surface area contributed by atoms with Crippen LogP contribution in [0, 0.1) is 11.8 Å². The van der Waals surface area contributed by atoms with Crippen molar-refractivity contribution in [2.75, 3.05) is 52.1 Å². The lowest BCUT2D eigenvalue weighted by atomic mass is 9.71. The Balaban J connectivity index is 1.26. The van der Waals surface area contributed by atoms with Crippen LogP contribution in [0.4, 0.5) is 0 Å². The standard InChI is InChI=1S/C29H37Cl2N3O3S/c1-38(36,37)34-19-24(20-34)22-10-15-32(16-11-22)17-13-29(25-8-9-26(30)27(31)18-25)12-5-14-33(21-29)28(35)23-6-3-2-4-7-23/h2-4,6-9,18,22,24H,5,10-17,19-21H2,1H3/t29-/m0/s1. The van der Waals surface area contributed by atoms with Crippen LogP contribution >= 0.6 is 23.2 Å². The maximum absolute atomic E-state index is 13.4. The molecule has 0 aliphatic carbocycles. The fourth-order valence-corrected chi connectivity index (χ4v) is 7.76. The fourth-order valence-electron chi connectivity index (χ4n) is 6.54.